The molecule has 0 heterocycles. The number of carbonyl (C=O) groups is 1. The first-order valence-electron chi connectivity index (χ1n) is 11.7. The Bertz CT molecular complexity index is 1710. The molecule has 4 rings (SSSR count). The van der Waals surface area contributed by atoms with Gasteiger partial charge in [-0.1, -0.05) is 36.4 Å². The Morgan fingerprint density at radius 2 is 1.44 bits per heavy atom. The first-order chi connectivity index (χ1) is 18.5. The molecule has 0 unspecified atom stereocenters. The molecule has 0 aliphatic carbocycles. The Balaban J connectivity index is 1.54. The fourth-order valence-corrected chi connectivity index (χ4v) is 6.14. The van der Waals surface area contributed by atoms with Crippen molar-refractivity contribution in [2.24, 2.45) is 0 Å². The van der Waals surface area contributed by atoms with Crippen molar-refractivity contribution in [3.05, 3.63) is 108 Å². The number of rotatable bonds is 9. The second-order valence-electron chi connectivity index (χ2n) is 8.59. The molecule has 202 valence electrons. The van der Waals surface area contributed by atoms with Gasteiger partial charge in [-0.25, -0.2) is 16.8 Å². The van der Waals surface area contributed by atoms with Crippen molar-refractivity contribution in [2.45, 2.75) is 16.7 Å². The summed E-state index contributed by atoms with van der Waals surface area (Å²) in [6.07, 6.45) is 0. The number of sulfonamides is 2. The van der Waals surface area contributed by atoms with Crippen LogP contribution in [-0.4, -0.2) is 36.9 Å². The molecule has 4 aromatic rings. The molecule has 0 aliphatic rings. The van der Waals surface area contributed by atoms with Crippen LogP contribution in [0.1, 0.15) is 15.9 Å². The van der Waals surface area contributed by atoms with Crippen molar-refractivity contribution < 1.29 is 26.4 Å². The molecule has 1 amide bonds. The predicted molar refractivity (Wildman–Crippen MR) is 151 cm³/mol. The van der Waals surface area contributed by atoms with Crippen molar-refractivity contribution in [1.82, 2.24) is 0 Å². The summed E-state index contributed by atoms with van der Waals surface area (Å²) < 4.78 is 60.9. The van der Waals surface area contributed by atoms with Crippen LogP contribution < -0.4 is 19.1 Å². The first-order valence-corrected chi connectivity index (χ1v) is 14.7. The number of nitrogens with zero attached hydrogens (tertiary/aromatic N) is 1. The van der Waals surface area contributed by atoms with Gasteiger partial charge in [0.25, 0.3) is 26.0 Å². The number of amides is 1. The average Bonchev–Trinajstić information content (AvgIpc) is 2.93. The molecular formula is C28H27N3O6S2. The minimum Gasteiger partial charge on any atom is -0.495 e. The van der Waals surface area contributed by atoms with Gasteiger partial charge in [0.1, 0.15) is 5.75 Å². The van der Waals surface area contributed by atoms with Gasteiger partial charge in [0, 0.05) is 12.7 Å². The summed E-state index contributed by atoms with van der Waals surface area (Å²) in [5.41, 5.74) is 1.81. The first kappa shape index (κ1) is 27.7. The smallest absolute Gasteiger partial charge is 0.264 e. The molecule has 2 N–H and O–H groups in total. The third kappa shape index (κ3) is 6.05. The van der Waals surface area contributed by atoms with E-state index < -0.39 is 26.0 Å². The van der Waals surface area contributed by atoms with Crippen LogP contribution in [0.3, 0.4) is 0 Å². The number of aryl methyl sites for hydroxylation is 1. The van der Waals surface area contributed by atoms with Crippen LogP contribution in [0, 0.1) is 6.92 Å². The van der Waals surface area contributed by atoms with Gasteiger partial charge in [-0.15, -0.1) is 0 Å². The second kappa shape index (κ2) is 11.2. The van der Waals surface area contributed by atoms with E-state index in [9.17, 15) is 21.6 Å². The van der Waals surface area contributed by atoms with E-state index >= 15 is 0 Å². The Morgan fingerprint density at radius 3 is 2.10 bits per heavy atom. The summed E-state index contributed by atoms with van der Waals surface area (Å²) in [6, 6.07) is 25.0. The van der Waals surface area contributed by atoms with Crippen molar-refractivity contribution in [1.29, 1.82) is 0 Å². The minimum absolute atomic E-state index is 0.0156. The SMILES string of the molecule is COc1ccc(C)cc1NS(=O)(=O)c1ccc(NC(=O)c2ccccc2N(C)S(=O)(=O)c2ccccc2)cc1. The predicted octanol–water partition coefficient (Wildman–Crippen LogP) is 4.88. The highest BCUT2D eigenvalue weighted by atomic mass is 32.2. The van der Waals surface area contributed by atoms with E-state index in [-0.39, 0.29) is 21.0 Å². The standard InChI is InChI=1S/C28H27N3O6S2/c1-20-13-18-27(37-3)25(19-20)30-38(33,34)22-16-14-21(15-17-22)29-28(32)24-11-7-8-12-26(24)31(2)39(35,36)23-9-5-4-6-10-23/h4-19,30H,1-3H3,(H,29,32). The summed E-state index contributed by atoms with van der Waals surface area (Å²) >= 11 is 0. The number of methoxy groups -OCH3 is 1. The largest absolute Gasteiger partial charge is 0.495 e. The molecule has 39 heavy (non-hydrogen) atoms. The highest BCUT2D eigenvalue weighted by Gasteiger charge is 2.25. The molecule has 9 nitrogen and oxygen atoms in total. The number of hydrogen-bond donors (Lipinski definition) is 2. The molecule has 0 saturated carbocycles. The van der Waals surface area contributed by atoms with E-state index in [0.717, 1.165) is 9.87 Å². The summed E-state index contributed by atoms with van der Waals surface area (Å²) in [5.74, 6) is -0.176. The maximum atomic E-state index is 13.2. The van der Waals surface area contributed by atoms with Crippen LogP contribution in [0.15, 0.2) is 107 Å². The lowest BCUT2D eigenvalue weighted by molar-refractivity contribution is 0.102. The van der Waals surface area contributed by atoms with E-state index in [1.54, 1.807) is 48.5 Å². The Morgan fingerprint density at radius 1 is 0.795 bits per heavy atom. The monoisotopic (exact) mass is 565 g/mol. The summed E-state index contributed by atoms with van der Waals surface area (Å²) in [7, 11) is -5.01. The van der Waals surface area contributed by atoms with Gasteiger partial charge in [-0.3, -0.25) is 13.8 Å². The maximum Gasteiger partial charge on any atom is 0.264 e. The van der Waals surface area contributed by atoms with E-state index in [1.807, 2.05) is 6.92 Å². The van der Waals surface area contributed by atoms with Crippen LogP contribution >= 0.6 is 0 Å². The molecule has 11 heteroatoms. The Labute approximate surface area is 228 Å². The molecule has 4 aromatic carbocycles. The van der Waals surface area contributed by atoms with Gasteiger partial charge < -0.3 is 10.1 Å². The second-order valence-corrected chi connectivity index (χ2v) is 12.2. The number of benzene rings is 4. The third-order valence-corrected chi connectivity index (χ3v) is 9.08. The zero-order valence-corrected chi connectivity index (χ0v) is 23.1. The number of para-hydroxylation sites is 1. The van der Waals surface area contributed by atoms with Crippen LogP contribution in [-0.2, 0) is 20.0 Å². The van der Waals surface area contributed by atoms with E-state index in [4.69, 9.17) is 4.74 Å². The number of carbonyl (C=O) groups excluding carboxylic acids is 1. The molecular weight excluding hydrogens is 538 g/mol. The van der Waals surface area contributed by atoms with Crippen LogP contribution in [0.5, 0.6) is 5.75 Å². The number of hydrogen-bond acceptors (Lipinski definition) is 6. The van der Waals surface area contributed by atoms with Gasteiger partial charge in [0.05, 0.1) is 33.8 Å². The molecule has 0 bridgehead atoms. The lowest BCUT2D eigenvalue weighted by atomic mass is 10.1. The normalized spacial score (nSPS) is 11.5. The van der Waals surface area contributed by atoms with Crippen LogP contribution in [0.4, 0.5) is 17.1 Å². The number of anilines is 3. The fourth-order valence-electron chi connectivity index (χ4n) is 3.84. The summed E-state index contributed by atoms with van der Waals surface area (Å²) in [5, 5.41) is 2.70. The van der Waals surface area contributed by atoms with Crippen molar-refractivity contribution in [3.8, 4) is 5.75 Å². The topological polar surface area (TPSA) is 122 Å². The maximum absolute atomic E-state index is 13.2. The zero-order valence-electron chi connectivity index (χ0n) is 21.5. The highest BCUT2D eigenvalue weighted by molar-refractivity contribution is 7.93. The number of nitrogens with one attached hydrogen (secondary N) is 2. The Kier molecular flexibility index (Phi) is 7.93. The minimum atomic E-state index is -3.94. The van der Waals surface area contributed by atoms with Crippen LogP contribution in [0.2, 0.25) is 0 Å². The molecule has 0 spiro atoms. The lowest BCUT2D eigenvalue weighted by Gasteiger charge is -2.22. The molecule has 0 fully saturated rings. The van der Waals surface area contributed by atoms with Crippen LogP contribution in [0.25, 0.3) is 0 Å². The van der Waals surface area contributed by atoms with E-state index in [2.05, 4.69) is 10.0 Å². The zero-order chi connectivity index (χ0) is 28.2. The van der Waals surface area contributed by atoms with Crippen molar-refractivity contribution in [2.75, 3.05) is 28.5 Å². The molecule has 0 atom stereocenters. The van der Waals surface area contributed by atoms with Gasteiger partial charge in [-0.2, -0.15) is 0 Å². The van der Waals surface area contributed by atoms with Gasteiger partial charge in [0.15, 0.2) is 0 Å². The molecule has 0 aliphatic heterocycles. The lowest BCUT2D eigenvalue weighted by Crippen LogP contribution is -2.29. The van der Waals surface area contributed by atoms with Crippen molar-refractivity contribution >= 4 is 43.0 Å². The molecule has 0 radical (unpaired) electrons. The highest BCUT2D eigenvalue weighted by Crippen LogP contribution is 2.29. The quantitative estimate of drug-likeness (QED) is 0.298. The summed E-state index contributed by atoms with van der Waals surface area (Å²) in [6.45, 7) is 1.84. The van der Waals surface area contributed by atoms with Gasteiger partial charge in [-0.05, 0) is 73.2 Å². The average molecular weight is 566 g/mol. The molecule has 0 aromatic heterocycles. The number of ether oxygens (including phenoxy) is 1. The third-order valence-electron chi connectivity index (χ3n) is 5.91. The van der Waals surface area contributed by atoms with E-state index in [0.29, 0.717) is 17.1 Å². The summed E-state index contributed by atoms with van der Waals surface area (Å²) in [4.78, 5) is 13.2. The fraction of sp³-hybridized carbons (Fsp3) is 0.107. The van der Waals surface area contributed by atoms with Gasteiger partial charge >= 0.3 is 0 Å². The van der Waals surface area contributed by atoms with Gasteiger partial charge in [0.2, 0.25) is 0 Å². The molecule has 0 saturated heterocycles. The van der Waals surface area contributed by atoms with E-state index in [1.165, 1.54) is 62.7 Å². The van der Waals surface area contributed by atoms with Crippen molar-refractivity contribution in [3.63, 3.8) is 0 Å². The Hall–Kier alpha value is -4.35.